The molecule has 1 atom stereocenters. The van der Waals surface area contributed by atoms with E-state index in [4.69, 9.17) is 4.74 Å². The molecule has 4 nitrogen and oxygen atoms in total. The molecule has 1 N–H and O–H groups in total. The van der Waals surface area contributed by atoms with Gasteiger partial charge in [-0.2, -0.15) is 11.8 Å². The van der Waals surface area contributed by atoms with E-state index in [9.17, 15) is 9.59 Å². The van der Waals surface area contributed by atoms with E-state index >= 15 is 0 Å². The van der Waals surface area contributed by atoms with Gasteiger partial charge in [0, 0.05) is 12.7 Å². The molecular formula is C10H19NO3S. The van der Waals surface area contributed by atoms with Crippen molar-refractivity contribution in [1.29, 1.82) is 0 Å². The number of thioether (sulfide) groups is 1. The highest BCUT2D eigenvalue weighted by Crippen LogP contribution is 2.10. The molecule has 0 saturated heterocycles. The van der Waals surface area contributed by atoms with E-state index < -0.39 is 11.6 Å². The van der Waals surface area contributed by atoms with Crippen LogP contribution in [0.1, 0.15) is 27.7 Å². The molecule has 0 aromatic carbocycles. The lowest BCUT2D eigenvalue weighted by Crippen LogP contribution is -2.44. The zero-order valence-corrected chi connectivity index (χ0v) is 10.7. The van der Waals surface area contributed by atoms with Crippen LogP contribution in [0.5, 0.6) is 0 Å². The predicted octanol–water partition coefficient (Wildman–Crippen LogP) is 1.20. The molecule has 15 heavy (non-hydrogen) atoms. The average molecular weight is 233 g/mol. The lowest BCUT2D eigenvalue weighted by atomic mass is 10.2. The van der Waals surface area contributed by atoms with Crippen molar-refractivity contribution in [3.63, 3.8) is 0 Å². The Morgan fingerprint density at radius 1 is 1.40 bits per heavy atom. The van der Waals surface area contributed by atoms with Crippen LogP contribution < -0.4 is 5.32 Å². The Bertz CT molecular complexity index is 235. The minimum Gasteiger partial charge on any atom is -0.458 e. The monoisotopic (exact) mass is 233 g/mol. The van der Waals surface area contributed by atoms with Gasteiger partial charge >= 0.3 is 5.97 Å². The number of ether oxygens (including phenoxy) is 1. The highest BCUT2D eigenvalue weighted by Gasteiger charge is 2.25. The van der Waals surface area contributed by atoms with Crippen molar-refractivity contribution in [3.8, 4) is 0 Å². The predicted molar refractivity (Wildman–Crippen MR) is 61.8 cm³/mol. The summed E-state index contributed by atoms with van der Waals surface area (Å²) in [6.45, 7) is 6.79. The number of hydrogen-bond acceptors (Lipinski definition) is 4. The number of carbonyl (C=O) groups excluding carboxylic acids is 2. The minimum absolute atomic E-state index is 0.222. The first-order valence-electron chi connectivity index (χ1n) is 4.75. The molecule has 0 spiro atoms. The van der Waals surface area contributed by atoms with Crippen LogP contribution in [0, 0.1) is 0 Å². The van der Waals surface area contributed by atoms with Crippen molar-refractivity contribution >= 4 is 23.6 Å². The molecule has 0 aromatic heterocycles. The Morgan fingerprint density at radius 3 is 2.27 bits per heavy atom. The summed E-state index contributed by atoms with van der Waals surface area (Å²) in [4.78, 5) is 22.5. The van der Waals surface area contributed by atoms with Gasteiger partial charge in [0.15, 0.2) is 0 Å². The Kier molecular flexibility index (Phi) is 5.72. The fraction of sp³-hybridized carbons (Fsp3) is 0.800. The summed E-state index contributed by atoms with van der Waals surface area (Å²) < 4.78 is 5.19. The molecular weight excluding hydrogens is 214 g/mol. The number of amides is 1. The van der Waals surface area contributed by atoms with E-state index in [0.717, 1.165) is 0 Å². The summed E-state index contributed by atoms with van der Waals surface area (Å²) in [5.74, 6) is -0.0824. The normalized spacial score (nSPS) is 13.1. The van der Waals surface area contributed by atoms with Crippen LogP contribution >= 0.6 is 11.8 Å². The summed E-state index contributed by atoms with van der Waals surface area (Å²) >= 11 is 1.49. The first-order chi connectivity index (χ1) is 6.76. The largest absolute Gasteiger partial charge is 0.458 e. The fourth-order valence-corrected chi connectivity index (χ4v) is 1.51. The van der Waals surface area contributed by atoms with Crippen LogP contribution in [0.2, 0.25) is 0 Å². The molecule has 0 aromatic rings. The van der Waals surface area contributed by atoms with Gasteiger partial charge in [-0.25, -0.2) is 4.79 Å². The second-order valence-corrected chi connectivity index (χ2v) is 5.15. The SMILES string of the molecule is CSC[C@H](NC(C)=O)C(=O)OC(C)(C)C. The molecule has 5 heteroatoms. The summed E-state index contributed by atoms with van der Waals surface area (Å²) in [6.07, 6.45) is 1.87. The summed E-state index contributed by atoms with van der Waals surface area (Å²) in [6, 6.07) is -0.559. The second-order valence-electron chi connectivity index (χ2n) is 4.24. The van der Waals surface area contributed by atoms with Gasteiger partial charge in [0.1, 0.15) is 11.6 Å². The third-order valence-corrected chi connectivity index (χ3v) is 2.07. The zero-order chi connectivity index (χ0) is 12.1. The zero-order valence-electron chi connectivity index (χ0n) is 9.92. The molecule has 1 amide bonds. The highest BCUT2D eigenvalue weighted by atomic mass is 32.2. The smallest absolute Gasteiger partial charge is 0.330 e. The van der Waals surface area contributed by atoms with Gasteiger partial charge in [-0.1, -0.05) is 0 Å². The molecule has 0 bridgehead atoms. The lowest BCUT2D eigenvalue weighted by molar-refractivity contribution is -0.157. The fourth-order valence-electron chi connectivity index (χ4n) is 0.954. The molecule has 0 saturated carbocycles. The first-order valence-corrected chi connectivity index (χ1v) is 6.14. The van der Waals surface area contributed by atoms with Crippen molar-refractivity contribution in [2.24, 2.45) is 0 Å². The van der Waals surface area contributed by atoms with Crippen LogP contribution in [-0.4, -0.2) is 35.5 Å². The average Bonchev–Trinajstić information content (AvgIpc) is 1.99. The topological polar surface area (TPSA) is 55.4 Å². The maximum Gasteiger partial charge on any atom is 0.330 e. The van der Waals surface area contributed by atoms with Crippen molar-refractivity contribution < 1.29 is 14.3 Å². The first kappa shape index (κ1) is 14.3. The van der Waals surface area contributed by atoms with Crippen LogP contribution in [0.3, 0.4) is 0 Å². The molecule has 0 aliphatic heterocycles. The van der Waals surface area contributed by atoms with Gasteiger partial charge in [0.25, 0.3) is 0 Å². The third-order valence-electron chi connectivity index (χ3n) is 1.40. The van der Waals surface area contributed by atoms with E-state index in [1.54, 1.807) is 20.8 Å². The minimum atomic E-state index is -0.559. The van der Waals surface area contributed by atoms with Crippen LogP contribution in [-0.2, 0) is 14.3 Å². The molecule has 0 fully saturated rings. The highest BCUT2D eigenvalue weighted by molar-refractivity contribution is 7.98. The molecule has 0 aliphatic carbocycles. The number of carbonyl (C=O) groups is 2. The van der Waals surface area contributed by atoms with Gasteiger partial charge in [0.05, 0.1) is 0 Å². The maximum absolute atomic E-state index is 11.6. The number of esters is 1. The van der Waals surface area contributed by atoms with E-state index in [2.05, 4.69) is 5.32 Å². The Morgan fingerprint density at radius 2 is 1.93 bits per heavy atom. The van der Waals surface area contributed by atoms with Crippen molar-refractivity contribution in [2.45, 2.75) is 39.3 Å². The number of nitrogens with one attached hydrogen (secondary N) is 1. The van der Waals surface area contributed by atoms with E-state index in [0.29, 0.717) is 5.75 Å². The maximum atomic E-state index is 11.6. The Hall–Kier alpha value is -0.710. The second kappa shape index (κ2) is 6.00. The van der Waals surface area contributed by atoms with Gasteiger partial charge in [-0.15, -0.1) is 0 Å². The molecule has 0 heterocycles. The van der Waals surface area contributed by atoms with E-state index in [-0.39, 0.29) is 11.9 Å². The van der Waals surface area contributed by atoms with Crippen LogP contribution in [0.15, 0.2) is 0 Å². The molecule has 0 aliphatic rings. The molecule has 88 valence electrons. The molecule has 0 unspecified atom stereocenters. The van der Waals surface area contributed by atoms with Crippen molar-refractivity contribution in [2.75, 3.05) is 12.0 Å². The Balaban J connectivity index is 4.35. The van der Waals surface area contributed by atoms with Gasteiger partial charge in [0.2, 0.25) is 5.91 Å². The van der Waals surface area contributed by atoms with Gasteiger partial charge in [-0.05, 0) is 27.0 Å². The van der Waals surface area contributed by atoms with Crippen LogP contribution in [0.4, 0.5) is 0 Å². The van der Waals surface area contributed by atoms with E-state index in [1.807, 2.05) is 6.26 Å². The summed E-state index contributed by atoms with van der Waals surface area (Å²) in [7, 11) is 0. The standard InChI is InChI=1S/C10H19NO3S/c1-7(12)11-8(6-15-5)9(13)14-10(2,3)4/h8H,6H2,1-5H3,(H,11,12)/t8-/m0/s1. The van der Waals surface area contributed by atoms with E-state index in [1.165, 1.54) is 18.7 Å². The van der Waals surface area contributed by atoms with Gasteiger partial charge in [-0.3, -0.25) is 4.79 Å². The molecule has 0 radical (unpaired) electrons. The number of rotatable bonds is 4. The molecule has 0 rings (SSSR count). The lowest BCUT2D eigenvalue weighted by Gasteiger charge is -2.23. The number of hydrogen-bond donors (Lipinski definition) is 1. The van der Waals surface area contributed by atoms with Crippen molar-refractivity contribution in [1.82, 2.24) is 5.32 Å². The Labute approximate surface area is 95.1 Å². The third kappa shape index (κ3) is 7.25. The quantitative estimate of drug-likeness (QED) is 0.741. The summed E-state index contributed by atoms with van der Waals surface area (Å²) in [5.41, 5.74) is -0.522. The van der Waals surface area contributed by atoms with Crippen molar-refractivity contribution in [3.05, 3.63) is 0 Å². The van der Waals surface area contributed by atoms with Gasteiger partial charge < -0.3 is 10.1 Å². The summed E-state index contributed by atoms with van der Waals surface area (Å²) in [5, 5.41) is 2.57. The van der Waals surface area contributed by atoms with Crippen LogP contribution in [0.25, 0.3) is 0 Å².